The van der Waals surface area contributed by atoms with E-state index in [9.17, 15) is 4.79 Å². The van der Waals surface area contributed by atoms with Crippen molar-refractivity contribution in [1.29, 1.82) is 0 Å². The predicted octanol–water partition coefficient (Wildman–Crippen LogP) is 0.745. The van der Waals surface area contributed by atoms with Gasteiger partial charge in [-0.3, -0.25) is 4.79 Å². The smallest absolute Gasteiger partial charge is 0.254 e. The highest BCUT2D eigenvalue weighted by atomic mass is 16.1. The summed E-state index contributed by atoms with van der Waals surface area (Å²) in [5, 5.41) is 0. The predicted molar refractivity (Wildman–Crippen MR) is 61.2 cm³/mol. The van der Waals surface area contributed by atoms with E-state index in [1.807, 2.05) is 27.9 Å². The van der Waals surface area contributed by atoms with Crippen LogP contribution in [-0.2, 0) is 12.8 Å². The molecule has 0 radical (unpaired) electrons. The van der Waals surface area contributed by atoms with Gasteiger partial charge in [0, 0.05) is 24.2 Å². The molecule has 0 aliphatic rings. The molecule has 1 heterocycles. The molecule has 0 fully saturated rings. The second-order valence-corrected chi connectivity index (χ2v) is 3.98. The van der Waals surface area contributed by atoms with Crippen LogP contribution in [0.2, 0.25) is 0 Å². The highest BCUT2D eigenvalue weighted by molar-refractivity contribution is 5.16. The Bertz CT molecular complexity index is 382. The lowest BCUT2D eigenvalue weighted by atomic mass is 10.2. The van der Waals surface area contributed by atoms with Crippen molar-refractivity contribution in [2.24, 2.45) is 0 Å². The van der Waals surface area contributed by atoms with Crippen LogP contribution < -0.4 is 5.56 Å². The Labute approximate surface area is 90.3 Å². The second-order valence-electron chi connectivity index (χ2n) is 3.98. The van der Waals surface area contributed by atoms with E-state index in [1.54, 1.807) is 0 Å². The first-order chi connectivity index (χ1) is 7.04. The van der Waals surface area contributed by atoms with Crippen LogP contribution in [0.4, 0.5) is 0 Å². The summed E-state index contributed by atoms with van der Waals surface area (Å²) in [7, 11) is 4.01. The number of rotatable bonds is 4. The highest BCUT2D eigenvalue weighted by Crippen LogP contribution is 2.00. The third kappa shape index (κ3) is 3.16. The quantitative estimate of drug-likeness (QED) is 0.796. The van der Waals surface area contributed by atoms with Gasteiger partial charge in [-0.25, -0.2) is 4.98 Å². The number of aromatic nitrogens is 2. The maximum absolute atomic E-state index is 11.6. The molecule has 1 aromatic heterocycles. The summed E-state index contributed by atoms with van der Waals surface area (Å²) >= 11 is 0. The van der Waals surface area contributed by atoms with Gasteiger partial charge in [0.15, 0.2) is 0 Å². The van der Waals surface area contributed by atoms with Gasteiger partial charge in [0.1, 0.15) is 5.82 Å². The molecule has 0 amide bonds. The summed E-state index contributed by atoms with van der Waals surface area (Å²) < 4.78 is 0. The van der Waals surface area contributed by atoms with Gasteiger partial charge in [-0.05, 0) is 27.4 Å². The van der Waals surface area contributed by atoms with Crippen molar-refractivity contribution in [3.05, 3.63) is 27.4 Å². The number of nitrogens with zero attached hydrogens (tertiary/aromatic N) is 2. The largest absolute Gasteiger partial charge is 0.310 e. The molecule has 0 aliphatic carbocycles. The molecular weight excluding hydrogens is 190 g/mol. The van der Waals surface area contributed by atoms with E-state index in [0.29, 0.717) is 0 Å². The molecule has 4 nitrogen and oxygen atoms in total. The van der Waals surface area contributed by atoms with Crippen molar-refractivity contribution < 1.29 is 0 Å². The molecule has 84 valence electrons. The van der Waals surface area contributed by atoms with Gasteiger partial charge in [-0.2, -0.15) is 0 Å². The molecule has 1 rings (SSSR count). The minimum atomic E-state index is 0.0127. The lowest BCUT2D eigenvalue weighted by molar-refractivity contribution is 0.409. The molecule has 1 N–H and O–H groups in total. The molecule has 0 aromatic carbocycles. The fourth-order valence-corrected chi connectivity index (χ4v) is 1.53. The Hall–Kier alpha value is -1.16. The van der Waals surface area contributed by atoms with Crippen molar-refractivity contribution in [1.82, 2.24) is 14.9 Å². The van der Waals surface area contributed by atoms with Crippen LogP contribution in [0.3, 0.4) is 0 Å². The van der Waals surface area contributed by atoms with Gasteiger partial charge in [0.05, 0.1) is 0 Å². The lowest BCUT2D eigenvalue weighted by Gasteiger charge is -2.09. The van der Waals surface area contributed by atoms with Gasteiger partial charge in [0.2, 0.25) is 0 Å². The van der Waals surface area contributed by atoms with Crippen molar-refractivity contribution in [3.63, 3.8) is 0 Å². The minimum Gasteiger partial charge on any atom is -0.310 e. The van der Waals surface area contributed by atoms with Crippen LogP contribution in [0, 0.1) is 6.92 Å². The Morgan fingerprint density at radius 3 is 2.53 bits per heavy atom. The standard InChI is InChI=1S/C11H19N3O/c1-5-9-8(2)12-10(13-11(9)15)6-7-14(3)4/h5-7H2,1-4H3,(H,12,13,15). The zero-order valence-electron chi connectivity index (χ0n) is 9.92. The van der Waals surface area contributed by atoms with Gasteiger partial charge in [-0.15, -0.1) is 0 Å². The minimum absolute atomic E-state index is 0.0127. The van der Waals surface area contributed by atoms with Gasteiger partial charge in [-0.1, -0.05) is 6.92 Å². The molecule has 0 bridgehead atoms. The van der Waals surface area contributed by atoms with Gasteiger partial charge in [0.25, 0.3) is 5.56 Å². The summed E-state index contributed by atoms with van der Waals surface area (Å²) in [6.07, 6.45) is 1.52. The normalized spacial score (nSPS) is 11.0. The summed E-state index contributed by atoms with van der Waals surface area (Å²) in [6.45, 7) is 4.76. The second kappa shape index (κ2) is 5.07. The molecule has 0 spiro atoms. The molecule has 0 saturated heterocycles. The monoisotopic (exact) mass is 209 g/mol. The van der Waals surface area contributed by atoms with E-state index in [2.05, 4.69) is 14.9 Å². The van der Waals surface area contributed by atoms with Crippen LogP contribution in [-0.4, -0.2) is 35.5 Å². The molecular formula is C11H19N3O. The number of hydrogen-bond acceptors (Lipinski definition) is 3. The van der Waals surface area contributed by atoms with E-state index >= 15 is 0 Å². The van der Waals surface area contributed by atoms with Crippen LogP contribution >= 0.6 is 0 Å². The van der Waals surface area contributed by atoms with Gasteiger partial charge >= 0.3 is 0 Å². The van der Waals surface area contributed by atoms with Crippen LogP contribution in [0.5, 0.6) is 0 Å². The highest BCUT2D eigenvalue weighted by Gasteiger charge is 2.05. The zero-order chi connectivity index (χ0) is 11.4. The maximum Gasteiger partial charge on any atom is 0.254 e. The fraction of sp³-hybridized carbons (Fsp3) is 0.636. The zero-order valence-corrected chi connectivity index (χ0v) is 9.92. The average Bonchev–Trinajstić information content (AvgIpc) is 2.14. The SMILES string of the molecule is CCc1c(C)nc(CCN(C)C)[nH]c1=O. The van der Waals surface area contributed by atoms with Crippen LogP contribution in [0.25, 0.3) is 0 Å². The van der Waals surface area contributed by atoms with Gasteiger partial charge < -0.3 is 9.88 Å². The topological polar surface area (TPSA) is 49.0 Å². The Morgan fingerprint density at radius 2 is 2.07 bits per heavy atom. The molecule has 0 atom stereocenters. The van der Waals surface area contributed by atoms with E-state index in [-0.39, 0.29) is 5.56 Å². The van der Waals surface area contributed by atoms with E-state index < -0.39 is 0 Å². The van der Waals surface area contributed by atoms with Crippen molar-refractivity contribution >= 4 is 0 Å². The molecule has 0 saturated carbocycles. The van der Waals surface area contributed by atoms with E-state index in [4.69, 9.17) is 0 Å². The summed E-state index contributed by atoms with van der Waals surface area (Å²) in [5.74, 6) is 0.781. The number of H-pyrrole nitrogens is 1. The summed E-state index contributed by atoms with van der Waals surface area (Å²) in [4.78, 5) is 20.9. The first-order valence-corrected chi connectivity index (χ1v) is 5.28. The lowest BCUT2D eigenvalue weighted by Crippen LogP contribution is -2.22. The Morgan fingerprint density at radius 1 is 1.40 bits per heavy atom. The molecule has 0 aliphatic heterocycles. The average molecular weight is 209 g/mol. The molecule has 15 heavy (non-hydrogen) atoms. The third-order valence-electron chi connectivity index (χ3n) is 2.42. The van der Waals surface area contributed by atoms with E-state index in [1.165, 1.54) is 0 Å². The Balaban J connectivity index is 2.89. The van der Waals surface area contributed by atoms with Crippen molar-refractivity contribution in [2.75, 3.05) is 20.6 Å². The first kappa shape index (κ1) is 11.9. The number of hydrogen-bond donors (Lipinski definition) is 1. The molecule has 1 aromatic rings. The summed E-state index contributed by atoms with van der Waals surface area (Å²) in [6, 6.07) is 0. The third-order valence-corrected chi connectivity index (χ3v) is 2.42. The number of likely N-dealkylation sites (N-methyl/N-ethyl adjacent to an activating group) is 1. The first-order valence-electron chi connectivity index (χ1n) is 5.28. The Kier molecular flexibility index (Phi) is 4.03. The number of aromatic amines is 1. The van der Waals surface area contributed by atoms with Crippen molar-refractivity contribution in [2.45, 2.75) is 26.7 Å². The van der Waals surface area contributed by atoms with Crippen LogP contribution in [0.15, 0.2) is 4.79 Å². The summed E-state index contributed by atoms with van der Waals surface area (Å²) in [5.41, 5.74) is 1.66. The number of nitrogens with one attached hydrogen (secondary N) is 1. The van der Waals surface area contributed by atoms with Crippen LogP contribution in [0.1, 0.15) is 24.0 Å². The molecule has 0 unspecified atom stereocenters. The van der Waals surface area contributed by atoms with E-state index in [0.717, 1.165) is 36.5 Å². The molecule has 4 heteroatoms. The maximum atomic E-state index is 11.6. The van der Waals surface area contributed by atoms with Crippen molar-refractivity contribution in [3.8, 4) is 0 Å². The fourth-order valence-electron chi connectivity index (χ4n) is 1.53. The number of aryl methyl sites for hydroxylation is 1.